The maximum atomic E-state index is 12.0. The lowest BCUT2D eigenvalue weighted by Gasteiger charge is -2.09. The van der Waals surface area contributed by atoms with Crippen molar-refractivity contribution in [3.05, 3.63) is 52.8 Å². The van der Waals surface area contributed by atoms with Gasteiger partial charge in [0.1, 0.15) is 0 Å². The van der Waals surface area contributed by atoms with Crippen molar-refractivity contribution in [3.8, 4) is 0 Å². The maximum absolute atomic E-state index is 12.0. The molecular weight excluding hydrogens is 304 g/mol. The molecule has 0 radical (unpaired) electrons. The molecule has 0 fully saturated rings. The Balaban J connectivity index is 2.01. The van der Waals surface area contributed by atoms with Crippen LogP contribution in [0.3, 0.4) is 0 Å². The van der Waals surface area contributed by atoms with Crippen LogP contribution < -0.4 is 5.32 Å². The quantitative estimate of drug-likeness (QED) is 0.861. The van der Waals surface area contributed by atoms with Crippen LogP contribution in [0, 0.1) is 0 Å². The van der Waals surface area contributed by atoms with Gasteiger partial charge in [0.25, 0.3) is 0 Å². The van der Waals surface area contributed by atoms with Crippen LogP contribution in [-0.4, -0.2) is 23.6 Å². The summed E-state index contributed by atoms with van der Waals surface area (Å²) in [6.07, 6.45) is 2.89. The number of hydrogen-bond acceptors (Lipinski definition) is 3. The molecular formula is C16H17ClN2O3. The summed E-state index contributed by atoms with van der Waals surface area (Å²) in [6, 6.07) is 8.52. The van der Waals surface area contributed by atoms with Crippen LogP contribution in [0.25, 0.3) is 0 Å². The highest BCUT2D eigenvalue weighted by Crippen LogP contribution is 2.23. The monoisotopic (exact) mass is 320 g/mol. The number of anilines is 1. The molecule has 0 saturated carbocycles. The normalized spacial score (nSPS) is 10.3. The highest BCUT2D eigenvalue weighted by molar-refractivity contribution is 6.33. The van der Waals surface area contributed by atoms with Gasteiger partial charge in [0.05, 0.1) is 23.4 Å². The van der Waals surface area contributed by atoms with E-state index in [2.05, 4.69) is 10.1 Å². The summed E-state index contributed by atoms with van der Waals surface area (Å²) >= 11 is 6.04. The Hall–Kier alpha value is -2.27. The lowest BCUT2D eigenvalue weighted by molar-refractivity contribution is -0.116. The Morgan fingerprint density at radius 1 is 1.32 bits per heavy atom. The van der Waals surface area contributed by atoms with Gasteiger partial charge in [-0.3, -0.25) is 4.79 Å². The number of benzene rings is 1. The Kier molecular flexibility index (Phi) is 5.22. The van der Waals surface area contributed by atoms with Gasteiger partial charge in [-0.15, -0.1) is 0 Å². The predicted octanol–water partition coefficient (Wildman–Crippen LogP) is 3.04. The molecule has 2 rings (SSSR count). The lowest BCUT2D eigenvalue weighted by atomic mass is 10.2. The molecule has 1 amide bonds. The molecule has 0 aliphatic carbocycles. The minimum absolute atomic E-state index is 0.162. The number of aryl methyl sites for hydroxylation is 2. The molecule has 0 spiro atoms. The van der Waals surface area contributed by atoms with Crippen LogP contribution in [0.15, 0.2) is 36.5 Å². The summed E-state index contributed by atoms with van der Waals surface area (Å²) in [6.45, 7) is 0. The molecule has 0 aliphatic heterocycles. The standard InChI is InChI=1S/C16H17ClN2O3/c1-19-9-3-4-12(19)6-8-15(20)18-14-10-11(16(21)22-2)5-7-13(14)17/h3-5,7,9-10H,6,8H2,1-2H3,(H,18,20). The van der Waals surface area contributed by atoms with Crippen LogP contribution in [0.2, 0.25) is 5.02 Å². The van der Waals surface area contributed by atoms with Gasteiger partial charge in [0.15, 0.2) is 0 Å². The third kappa shape index (κ3) is 3.89. The van der Waals surface area contributed by atoms with Gasteiger partial charge in [-0.2, -0.15) is 0 Å². The molecule has 1 heterocycles. The minimum atomic E-state index is -0.476. The highest BCUT2D eigenvalue weighted by atomic mass is 35.5. The van der Waals surface area contributed by atoms with Crippen molar-refractivity contribution >= 4 is 29.2 Å². The maximum Gasteiger partial charge on any atom is 0.337 e. The fourth-order valence-electron chi connectivity index (χ4n) is 2.08. The number of carbonyl (C=O) groups is 2. The number of rotatable bonds is 5. The Morgan fingerprint density at radius 3 is 2.73 bits per heavy atom. The molecule has 22 heavy (non-hydrogen) atoms. The fourth-order valence-corrected chi connectivity index (χ4v) is 2.24. The topological polar surface area (TPSA) is 60.3 Å². The second-order valence-electron chi connectivity index (χ2n) is 4.84. The first-order valence-corrected chi connectivity index (χ1v) is 7.17. The van der Waals surface area contributed by atoms with E-state index in [9.17, 15) is 9.59 Å². The average molecular weight is 321 g/mol. The summed E-state index contributed by atoms with van der Waals surface area (Å²) in [7, 11) is 3.24. The summed E-state index contributed by atoms with van der Waals surface area (Å²) in [4.78, 5) is 23.5. The number of hydrogen-bond donors (Lipinski definition) is 1. The van der Waals surface area contributed by atoms with E-state index in [1.165, 1.54) is 13.2 Å². The van der Waals surface area contributed by atoms with Gasteiger partial charge >= 0.3 is 5.97 Å². The molecule has 2 aromatic rings. The lowest BCUT2D eigenvalue weighted by Crippen LogP contribution is -2.14. The molecule has 1 N–H and O–H groups in total. The van der Waals surface area contributed by atoms with Gasteiger partial charge in [-0.1, -0.05) is 11.6 Å². The molecule has 0 aliphatic rings. The molecule has 0 bridgehead atoms. The number of methoxy groups -OCH3 is 1. The van der Waals surface area contributed by atoms with E-state index >= 15 is 0 Å². The fraction of sp³-hybridized carbons (Fsp3) is 0.250. The van der Waals surface area contributed by atoms with Gasteiger partial charge in [0.2, 0.25) is 5.91 Å². The van der Waals surface area contributed by atoms with E-state index in [1.807, 2.05) is 29.9 Å². The largest absolute Gasteiger partial charge is 0.465 e. The van der Waals surface area contributed by atoms with Crippen molar-refractivity contribution < 1.29 is 14.3 Å². The third-order valence-electron chi connectivity index (χ3n) is 3.32. The zero-order chi connectivity index (χ0) is 16.1. The zero-order valence-electron chi connectivity index (χ0n) is 12.4. The second kappa shape index (κ2) is 7.13. The summed E-state index contributed by atoms with van der Waals surface area (Å²) in [5.41, 5.74) is 1.82. The van der Waals surface area contributed by atoms with E-state index < -0.39 is 5.97 Å². The van der Waals surface area contributed by atoms with Crippen molar-refractivity contribution in [1.29, 1.82) is 0 Å². The first-order chi connectivity index (χ1) is 10.5. The molecule has 5 nitrogen and oxygen atoms in total. The number of aromatic nitrogens is 1. The van der Waals surface area contributed by atoms with E-state index in [4.69, 9.17) is 11.6 Å². The highest BCUT2D eigenvalue weighted by Gasteiger charge is 2.11. The number of nitrogens with zero attached hydrogens (tertiary/aromatic N) is 1. The average Bonchev–Trinajstić information content (AvgIpc) is 2.92. The van der Waals surface area contributed by atoms with E-state index in [-0.39, 0.29) is 5.91 Å². The molecule has 6 heteroatoms. The van der Waals surface area contributed by atoms with Crippen molar-refractivity contribution in [1.82, 2.24) is 4.57 Å². The smallest absolute Gasteiger partial charge is 0.337 e. The first-order valence-electron chi connectivity index (χ1n) is 6.79. The van der Waals surface area contributed by atoms with Crippen LogP contribution in [0.1, 0.15) is 22.5 Å². The van der Waals surface area contributed by atoms with Crippen LogP contribution in [0.4, 0.5) is 5.69 Å². The van der Waals surface area contributed by atoms with Crippen molar-refractivity contribution in [3.63, 3.8) is 0 Å². The summed E-state index contributed by atoms with van der Waals surface area (Å²) < 4.78 is 6.62. The third-order valence-corrected chi connectivity index (χ3v) is 3.65. The van der Waals surface area contributed by atoms with E-state index in [1.54, 1.807) is 12.1 Å². The minimum Gasteiger partial charge on any atom is -0.465 e. The molecule has 0 atom stereocenters. The summed E-state index contributed by atoms with van der Waals surface area (Å²) in [5, 5.41) is 3.10. The molecule has 1 aromatic heterocycles. The molecule has 0 saturated heterocycles. The van der Waals surface area contributed by atoms with Crippen molar-refractivity contribution in [2.45, 2.75) is 12.8 Å². The zero-order valence-corrected chi connectivity index (χ0v) is 13.2. The SMILES string of the molecule is COC(=O)c1ccc(Cl)c(NC(=O)CCc2cccn2C)c1. The molecule has 116 valence electrons. The van der Waals surface area contributed by atoms with E-state index in [0.717, 1.165) is 5.69 Å². The Labute approximate surface area is 133 Å². The van der Waals surface area contributed by atoms with Crippen molar-refractivity contribution in [2.24, 2.45) is 7.05 Å². The summed E-state index contributed by atoms with van der Waals surface area (Å²) in [5.74, 6) is -0.638. The number of amides is 1. The van der Waals surface area contributed by atoms with Crippen LogP contribution in [0.5, 0.6) is 0 Å². The van der Waals surface area contributed by atoms with Gasteiger partial charge in [-0.25, -0.2) is 4.79 Å². The first kappa shape index (κ1) is 16.1. The Bertz CT molecular complexity index is 694. The number of nitrogens with one attached hydrogen (secondary N) is 1. The number of halogens is 1. The van der Waals surface area contributed by atoms with Crippen LogP contribution in [-0.2, 0) is 23.0 Å². The van der Waals surface area contributed by atoms with Gasteiger partial charge < -0.3 is 14.6 Å². The van der Waals surface area contributed by atoms with Gasteiger partial charge in [0, 0.05) is 25.4 Å². The predicted molar refractivity (Wildman–Crippen MR) is 85.2 cm³/mol. The van der Waals surface area contributed by atoms with Crippen LogP contribution >= 0.6 is 11.6 Å². The van der Waals surface area contributed by atoms with E-state index in [0.29, 0.717) is 29.1 Å². The molecule has 1 aromatic carbocycles. The van der Waals surface area contributed by atoms with Crippen molar-refractivity contribution in [2.75, 3.05) is 12.4 Å². The second-order valence-corrected chi connectivity index (χ2v) is 5.25. The number of esters is 1. The Morgan fingerprint density at radius 2 is 2.09 bits per heavy atom. The number of carbonyl (C=O) groups excluding carboxylic acids is 2. The van der Waals surface area contributed by atoms with Gasteiger partial charge in [-0.05, 0) is 36.8 Å². The number of ether oxygens (including phenoxy) is 1. The molecule has 0 unspecified atom stereocenters.